The Bertz CT molecular complexity index is 308. The molecule has 0 amide bonds. The lowest BCUT2D eigenvalue weighted by molar-refractivity contribution is 0.0957. The zero-order valence-corrected chi connectivity index (χ0v) is 14.1. The van der Waals surface area contributed by atoms with Gasteiger partial charge in [-0.1, -0.05) is 39.5 Å². The molecular weight excluding hydrogens is 260 g/mol. The number of hydrogen-bond donors (Lipinski definition) is 3. The highest BCUT2D eigenvalue weighted by Crippen LogP contribution is 2.37. The van der Waals surface area contributed by atoms with Gasteiger partial charge in [-0.25, -0.2) is 0 Å². The monoisotopic (exact) mass is 296 g/mol. The molecule has 124 valence electrons. The van der Waals surface area contributed by atoms with E-state index in [1.807, 2.05) is 0 Å². The molecule has 0 aliphatic heterocycles. The van der Waals surface area contributed by atoms with Crippen LogP contribution in [0.2, 0.25) is 0 Å². The van der Waals surface area contributed by atoms with Gasteiger partial charge in [0.25, 0.3) is 0 Å². The van der Waals surface area contributed by atoms with E-state index >= 15 is 0 Å². The minimum atomic E-state index is 0.132. The van der Waals surface area contributed by atoms with Gasteiger partial charge in [0.15, 0.2) is 0 Å². The van der Waals surface area contributed by atoms with Crippen molar-refractivity contribution in [2.75, 3.05) is 13.2 Å². The van der Waals surface area contributed by atoms with Gasteiger partial charge in [-0.3, -0.25) is 0 Å². The largest absolute Gasteiger partial charge is 0.396 e. The van der Waals surface area contributed by atoms with Crippen molar-refractivity contribution in [1.29, 1.82) is 0 Å². The Morgan fingerprint density at radius 3 is 2.62 bits per heavy atom. The van der Waals surface area contributed by atoms with Gasteiger partial charge in [0.2, 0.25) is 0 Å². The normalized spacial score (nSPS) is 37.9. The summed E-state index contributed by atoms with van der Waals surface area (Å²) in [6.45, 7) is 5.73. The van der Waals surface area contributed by atoms with Gasteiger partial charge in [-0.2, -0.15) is 0 Å². The fourth-order valence-electron chi connectivity index (χ4n) is 4.74. The van der Waals surface area contributed by atoms with E-state index in [0.717, 1.165) is 18.4 Å². The van der Waals surface area contributed by atoms with Crippen LogP contribution in [0.15, 0.2) is 0 Å². The van der Waals surface area contributed by atoms with Crippen LogP contribution in [0.1, 0.15) is 71.6 Å². The van der Waals surface area contributed by atoms with Crippen molar-refractivity contribution in [3.63, 3.8) is 0 Å². The van der Waals surface area contributed by atoms with Crippen LogP contribution in [0.3, 0.4) is 0 Å². The molecule has 0 spiro atoms. The van der Waals surface area contributed by atoms with Gasteiger partial charge < -0.3 is 16.2 Å². The third-order valence-corrected chi connectivity index (χ3v) is 5.78. The summed E-state index contributed by atoms with van der Waals surface area (Å²) >= 11 is 0. The van der Waals surface area contributed by atoms with E-state index in [2.05, 4.69) is 19.2 Å². The first-order chi connectivity index (χ1) is 10.1. The molecule has 0 saturated heterocycles. The fraction of sp³-hybridized carbons (Fsp3) is 1.00. The average Bonchev–Trinajstić information content (AvgIpc) is 2.47. The summed E-state index contributed by atoms with van der Waals surface area (Å²) in [5.74, 6) is 2.04. The van der Waals surface area contributed by atoms with Crippen molar-refractivity contribution in [2.24, 2.45) is 23.5 Å². The molecule has 2 saturated carbocycles. The lowest BCUT2D eigenvalue weighted by Crippen LogP contribution is -2.59. The first-order valence-electron chi connectivity index (χ1n) is 9.17. The summed E-state index contributed by atoms with van der Waals surface area (Å²) in [6.07, 6.45) is 11.4. The number of aliphatic hydroxyl groups excluding tert-OH is 1. The fourth-order valence-corrected chi connectivity index (χ4v) is 4.74. The maximum atomic E-state index is 9.65. The summed E-state index contributed by atoms with van der Waals surface area (Å²) in [5, 5.41) is 13.6. The van der Waals surface area contributed by atoms with Gasteiger partial charge >= 0.3 is 0 Å². The third kappa shape index (κ3) is 4.67. The Morgan fingerprint density at radius 1 is 1.19 bits per heavy atom. The molecule has 2 aliphatic rings. The van der Waals surface area contributed by atoms with E-state index in [0.29, 0.717) is 18.6 Å². The molecule has 0 radical (unpaired) electrons. The zero-order valence-electron chi connectivity index (χ0n) is 14.1. The second-order valence-electron chi connectivity index (χ2n) is 8.05. The molecule has 2 aliphatic carbocycles. The van der Waals surface area contributed by atoms with Crippen LogP contribution in [0.25, 0.3) is 0 Å². The van der Waals surface area contributed by atoms with E-state index in [9.17, 15) is 5.11 Å². The highest BCUT2D eigenvalue weighted by molar-refractivity contribution is 4.98. The molecule has 0 bridgehead atoms. The molecule has 4 unspecified atom stereocenters. The third-order valence-electron chi connectivity index (χ3n) is 5.78. The van der Waals surface area contributed by atoms with Crippen LogP contribution >= 0.6 is 0 Å². The number of nitrogens with one attached hydrogen (secondary N) is 1. The first-order valence-corrected chi connectivity index (χ1v) is 9.17. The predicted octanol–water partition coefficient (Wildman–Crippen LogP) is 3.06. The van der Waals surface area contributed by atoms with Crippen LogP contribution < -0.4 is 11.1 Å². The molecule has 21 heavy (non-hydrogen) atoms. The van der Waals surface area contributed by atoms with Crippen LogP contribution in [0, 0.1) is 17.8 Å². The van der Waals surface area contributed by atoms with E-state index < -0.39 is 0 Å². The van der Waals surface area contributed by atoms with E-state index in [4.69, 9.17) is 5.73 Å². The number of hydrogen-bond acceptors (Lipinski definition) is 3. The molecule has 4 atom stereocenters. The van der Waals surface area contributed by atoms with Crippen molar-refractivity contribution in [3.8, 4) is 0 Å². The van der Waals surface area contributed by atoms with E-state index in [-0.39, 0.29) is 5.54 Å². The van der Waals surface area contributed by atoms with Gasteiger partial charge in [0.05, 0.1) is 0 Å². The Labute approximate surface area is 131 Å². The maximum Gasteiger partial charge on any atom is 0.0474 e. The van der Waals surface area contributed by atoms with Crippen molar-refractivity contribution < 1.29 is 5.11 Å². The molecule has 0 aromatic carbocycles. The Hall–Kier alpha value is -0.120. The number of rotatable bonds is 6. The molecule has 0 aromatic heterocycles. The molecule has 4 N–H and O–H groups in total. The predicted molar refractivity (Wildman–Crippen MR) is 89.2 cm³/mol. The van der Waals surface area contributed by atoms with Crippen molar-refractivity contribution in [1.82, 2.24) is 5.32 Å². The molecule has 3 heteroatoms. The summed E-state index contributed by atoms with van der Waals surface area (Å²) in [6, 6.07) is 0.477. The van der Waals surface area contributed by atoms with Gasteiger partial charge in [0.1, 0.15) is 0 Å². The second kappa shape index (κ2) is 7.94. The number of nitrogens with two attached hydrogens (primary N) is 1. The molecule has 3 nitrogen and oxygen atoms in total. The number of aliphatic hydroxyl groups is 1. The summed E-state index contributed by atoms with van der Waals surface area (Å²) < 4.78 is 0. The minimum Gasteiger partial charge on any atom is -0.396 e. The van der Waals surface area contributed by atoms with Crippen molar-refractivity contribution in [3.05, 3.63) is 0 Å². The Kier molecular flexibility index (Phi) is 6.51. The topological polar surface area (TPSA) is 58.3 Å². The average molecular weight is 296 g/mol. The van der Waals surface area contributed by atoms with E-state index in [1.54, 1.807) is 0 Å². The van der Waals surface area contributed by atoms with Crippen LogP contribution in [0.5, 0.6) is 0 Å². The highest BCUT2D eigenvalue weighted by atomic mass is 16.3. The van der Waals surface area contributed by atoms with E-state index in [1.165, 1.54) is 57.8 Å². The van der Waals surface area contributed by atoms with Crippen LogP contribution in [-0.4, -0.2) is 29.8 Å². The smallest absolute Gasteiger partial charge is 0.0474 e. The highest BCUT2D eigenvalue weighted by Gasteiger charge is 2.38. The van der Waals surface area contributed by atoms with Gasteiger partial charge in [0, 0.05) is 24.7 Å². The van der Waals surface area contributed by atoms with Crippen molar-refractivity contribution >= 4 is 0 Å². The summed E-state index contributed by atoms with van der Waals surface area (Å²) in [4.78, 5) is 0. The van der Waals surface area contributed by atoms with Gasteiger partial charge in [-0.05, 0) is 49.9 Å². The summed E-state index contributed by atoms with van der Waals surface area (Å²) in [7, 11) is 0. The second-order valence-corrected chi connectivity index (χ2v) is 8.05. The first kappa shape index (κ1) is 17.2. The van der Waals surface area contributed by atoms with Crippen molar-refractivity contribution in [2.45, 2.75) is 83.2 Å². The molecule has 0 aromatic rings. The molecule has 2 fully saturated rings. The Balaban J connectivity index is 1.99. The van der Waals surface area contributed by atoms with Gasteiger partial charge in [-0.15, -0.1) is 0 Å². The minimum absolute atomic E-state index is 0.132. The van der Waals surface area contributed by atoms with Crippen LogP contribution in [0.4, 0.5) is 0 Å². The molecule has 2 rings (SSSR count). The van der Waals surface area contributed by atoms with Crippen LogP contribution in [-0.2, 0) is 0 Å². The standard InChI is InChI=1S/C18H36N2O/c1-14(2)10-15-6-5-9-18(11-15,13-19)20-17-8-4-3-7-16(17)12-21/h14-17,20-21H,3-13,19H2,1-2H3. The SMILES string of the molecule is CC(C)CC1CCCC(CN)(NC2CCCCC2CO)C1. The quantitative estimate of drug-likeness (QED) is 0.706. The lowest BCUT2D eigenvalue weighted by Gasteiger charge is -2.46. The molecular formula is C18H36N2O. The lowest BCUT2D eigenvalue weighted by atomic mass is 9.71. The summed E-state index contributed by atoms with van der Waals surface area (Å²) in [5.41, 5.74) is 6.34. The molecule has 0 heterocycles. The zero-order chi connectivity index (χ0) is 15.3. The maximum absolute atomic E-state index is 9.65. The Morgan fingerprint density at radius 2 is 1.95 bits per heavy atom.